The monoisotopic (exact) mass is 251 g/mol. The predicted octanol–water partition coefficient (Wildman–Crippen LogP) is -0.111. The summed E-state index contributed by atoms with van der Waals surface area (Å²) in [5.41, 5.74) is 0. The Kier molecular flexibility index (Phi) is 6.97. The van der Waals surface area contributed by atoms with Crippen LogP contribution < -0.4 is 0 Å². The van der Waals surface area contributed by atoms with Gasteiger partial charge in [0.05, 0.1) is 18.1 Å². The van der Waals surface area contributed by atoms with Crippen molar-refractivity contribution in [2.75, 3.05) is 26.2 Å². The molecular formula is C6H13N5O6. The first-order valence-corrected chi connectivity index (χ1v) is 4.78. The number of hydrogen-bond acceptors (Lipinski definition) is 6. The van der Waals surface area contributed by atoms with Gasteiger partial charge in [0.1, 0.15) is 0 Å². The predicted molar refractivity (Wildman–Crippen MR) is 52.4 cm³/mol. The van der Waals surface area contributed by atoms with Crippen LogP contribution in [0.25, 0.3) is 0 Å². The summed E-state index contributed by atoms with van der Waals surface area (Å²) in [4.78, 5) is 18.9. The molecular weight excluding hydrogens is 238 g/mol. The van der Waals surface area contributed by atoms with Crippen molar-refractivity contribution in [2.45, 2.75) is 12.8 Å². The summed E-state index contributed by atoms with van der Waals surface area (Å²) in [6.45, 7) is -0.672. The highest BCUT2D eigenvalue weighted by Crippen LogP contribution is 1.96. The summed E-state index contributed by atoms with van der Waals surface area (Å²) in [6, 6.07) is 0. The Morgan fingerprint density at radius 3 is 1.71 bits per heavy atom. The summed E-state index contributed by atoms with van der Waals surface area (Å²) < 4.78 is 0. The first-order chi connectivity index (χ1) is 7.97. The second kappa shape index (κ2) is 8.01. The second-order valence-electron chi connectivity index (χ2n) is 3.12. The lowest BCUT2D eigenvalue weighted by molar-refractivity contribution is -0.711. The molecule has 0 unspecified atom stereocenters. The molecule has 0 aliphatic heterocycles. The molecule has 1 N–H and O–H groups in total. The van der Waals surface area contributed by atoms with Gasteiger partial charge >= 0.3 is 0 Å². The van der Waals surface area contributed by atoms with E-state index in [0.717, 1.165) is 5.01 Å². The van der Waals surface area contributed by atoms with Crippen molar-refractivity contribution < 1.29 is 20.0 Å². The average Bonchev–Trinajstić information content (AvgIpc) is 2.25. The SMILES string of the molecule is O=[N+]([O-])CCCN(CCC[N+](=O)[O-])[N+]([O-])=NO. The molecule has 0 saturated carbocycles. The number of rotatable bonds is 9. The third-order valence-electron chi connectivity index (χ3n) is 1.83. The van der Waals surface area contributed by atoms with Crippen LogP contribution >= 0.6 is 0 Å². The van der Waals surface area contributed by atoms with Crippen molar-refractivity contribution in [1.29, 1.82) is 0 Å². The fourth-order valence-electron chi connectivity index (χ4n) is 1.10. The van der Waals surface area contributed by atoms with Crippen LogP contribution in [0.5, 0.6) is 0 Å². The quantitative estimate of drug-likeness (QED) is 0.260. The number of hydrogen-bond donors (Lipinski definition) is 1. The van der Waals surface area contributed by atoms with Crippen molar-refractivity contribution in [3.63, 3.8) is 0 Å². The van der Waals surface area contributed by atoms with Gasteiger partial charge in [-0.2, -0.15) is 0 Å². The lowest BCUT2D eigenvalue weighted by Gasteiger charge is -2.15. The third kappa shape index (κ3) is 7.70. The fourth-order valence-corrected chi connectivity index (χ4v) is 1.10. The average molecular weight is 251 g/mol. The molecule has 0 saturated heterocycles. The van der Waals surface area contributed by atoms with E-state index < -0.39 is 9.85 Å². The van der Waals surface area contributed by atoms with Gasteiger partial charge in [-0.1, -0.05) is 0 Å². The minimum absolute atomic E-state index is 0.00768. The maximum atomic E-state index is 10.9. The molecule has 98 valence electrons. The molecule has 0 aromatic carbocycles. The first-order valence-electron chi connectivity index (χ1n) is 4.78. The standard InChI is InChI=1S/C6H13N5O6/c12-7-11(17)8(3-1-5-9(13)14)4-2-6-10(15)16/h12H,1-6H2. The molecule has 0 radical (unpaired) electrons. The van der Waals surface area contributed by atoms with Crippen LogP contribution in [-0.4, -0.2) is 51.2 Å². The van der Waals surface area contributed by atoms with Crippen molar-refractivity contribution in [3.8, 4) is 0 Å². The zero-order valence-corrected chi connectivity index (χ0v) is 8.97. The zero-order chi connectivity index (χ0) is 13.3. The van der Waals surface area contributed by atoms with E-state index in [-0.39, 0.29) is 44.0 Å². The van der Waals surface area contributed by atoms with E-state index in [9.17, 15) is 25.4 Å². The Morgan fingerprint density at radius 2 is 1.41 bits per heavy atom. The lowest BCUT2D eigenvalue weighted by atomic mass is 10.3. The van der Waals surface area contributed by atoms with E-state index in [2.05, 4.69) is 5.28 Å². The fraction of sp³-hybridized carbons (Fsp3) is 1.00. The zero-order valence-electron chi connectivity index (χ0n) is 8.97. The van der Waals surface area contributed by atoms with Gasteiger partial charge in [-0.15, -0.1) is 5.01 Å². The van der Waals surface area contributed by atoms with E-state index in [1.807, 2.05) is 0 Å². The molecule has 0 aliphatic rings. The molecule has 0 bridgehead atoms. The van der Waals surface area contributed by atoms with Crippen LogP contribution in [0.4, 0.5) is 0 Å². The smallest absolute Gasteiger partial charge is 0.230 e. The molecule has 0 fully saturated rings. The van der Waals surface area contributed by atoms with Crippen molar-refractivity contribution in [1.82, 2.24) is 5.01 Å². The maximum Gasteiger partial charge on any atom is 0.230 e. The van der Waals surface area contributed by atoms with E-state index >= 15 is 0 Å². The molecule has 11 nitrogen and oxygen atoms in total. The van der Waals surface area contributed by atoms with Gasteiger partial charge in [0.25, 0.3) is 0 Å². The normalized spacial score (nSPS) is 11.2. The molecule has 0 aliphatic carbocycles. The van der Waals surface area contributed by atoms with Crippen LogP contribution in [-0.2, 0) is 0 Å². The summed E-state index contributed by atoms with van der Waals surface area (Å²) >= 11 is 0. The molecule has 0 aromatic rings. The number of nitrogens with zero attached hydrogens (tertiary/aromatic N) is 5. The van der Waals surface area contributed by atoms with Crippen LogP contribution in [0.15, 0.2) is 5.28 Å². The minimum Gasteiger partial charge on any atom is -0.569 e. The molecule has 0 atom stereocenters. The summed E-state index contributed by atoms with van der Waals surface area (Å²) in [6.07, 6.45) is 0.166. The molecule has 0 amide bonds. The van der Waals surface area contributed by atoms with Gasteiger partial charge in [0.2, 0.25) is 18.4 Å². The van der Waals surface area contributed by atoms with Crippen molar-refractivity contribution in [2.24, 2.45) is 5.28 Å². The summed E-state index contributed by atoms with van der Waals surface area (Å²) in [5, 5.41) is 42.6. The second-order valence-corrected chi connectivity index (χ2v) is 3.12. The van der Waals surface area contributed by atoms with Crippen LogP contribution in [0.3, 0.4) is 0 Å². The van der Waals surface area contributed by atoms with Gasteiger partial charge in [-0.05, 0) is 0 Å². The summed E-state index contributed by atoms with van der Waals surface area (Å²) in [7, 11) is 0. The van der Waals surface area contributed by atoms with Crippen molar-refractivity contribution in [3.05, 3.63) is 25.4 Å². The highest BCUT2D eigenvalue weighted by atomic mass is 16.6. The maximum absolute atomic E-state index is 10.9. The van der Waals surface area contributed by atoms with Crippen LogP contribution in [0, 0.1) is 25.4 Å². The Bertz CT molecular complexity index is 275. The first kappa shape index (κ1) is 14.8. The highest BCUT2D eigenvalue weighted by Gasteiger charge is 2.15. The van der Waals surface area contributed by atoms with E-state index in [1.165, 1.54) is 0 Å². The topological polar surface area (TPSA) is 148 Å². The number of nitro groups is 2. The van der Waals surface area contributed by atoms with Crippen LogP contribution in [0.2, 0.25) is 0 Å². The van der Waals surface area contributed by atoms with Gasteiger partial charge in [-0.25, -0.2) is 0 Å². The summed E-state index contributed by atoms with van der Waals surface area (Å²) in [5.74, 6) is 0. The molecule has 17 heavy (non-hydrogen) atoms. The molecule has 0 rings (SSSR count). The largest absolute Gasteiger partial charge is 0.569 e. The van der Waals surface area contributed by atoms with Gasteiger partial charge < -0.3 is 10.4 Å². The lowest BCUT2D eigenvalue weighted by Crippen LogP contribution is -2.34. The van der Waals surface area contributed by atoms with Crippen LogP contribution in [0.1, 0.15) is 12.8 Å². The molecule has 0 aromatic heterocycles. The van der Waals surface area contributed by atoms with E-state index in [4.69, 9.17) is 5.21 Å². The molecule has 0 heterocycles. The van der Waals surface area contributed by atoms with E-state index in [0.29, 0.717) is 0 Å². The van der Waals surface area contributed by atoms with Gasteiger partial charge in [0, 0.05) is 22.7 Å². The Labute approximate surface area is 95.8 Å². The van der Waals surface area contributed by atoms with Gasteiger partial charge in [0.15, 0.2) is 0 Å². The van der Waals surface area contributed by atoms with Crippen molar-refractivity contribution >= 4 is 0 Å². The Balaban J connectivity index is 4.06. The molecule has 0 spiro atoms. The highest BCUT2D eigenvalue weighted by molar-refractivity contribution is 4.46. The van der Waals surface area contributed by atoms with Gasteiger partial charge in [-0.3, -0.25) is 20.2 Å². The minimum atomic E-state index is -0.541. The molecule has 11 heteroatoms. The Hall–Kier alpha value is -2.20. The Morgan fingerprint density at radius 1 is 1.00 bits per heavy atom. The number of hydrazine groups is 1. The third-order valence-corrected chi connectivity index (χ3v) is 1.83. The van der Waals surface area contributed by atoms with E-state index in [1.54, 1.807) is 0 Å².